The zero-order valence-corrected chi connectivity index (χ0v) is 11.4. The lowest BCUT2D eigenvalue weighted by Crippen LogP contribution is -2.05. The van der Waals surface area contributed by atoms with E-state index in [1.165, 1.54) is 6.92 Å². The number of fused-ring (bicyclic) bond motifs is 1. The molecule has 1 aromatic heterocycles. The quantitative estimate of drug-likeness (QED) is 0.771. The molecule has 0 aliphatic carbocycles. The largest absolute Gasteiger partial charge is 0.436 e. The molecular weight excluding hydrogens is 276 g/mol. The fourth-order valence-electron chi connectivity index (χ4n) is 1.92. The number of hydrogen-bond acceptors (Lipinski definition) is 3. The van der Waals surface area contributed by atoms with Crippen molar-refractivity contribution < 1.29 is 9.21 Å². The van der Waals surface area contributed by atoms with Crippen molar-refractivity contribution in [2.75, 3.05) is 5.32 Å². The molecule has 100 valence electrons. The fourth-order valence-corrected chi connectivity index (χ4v) is 2.05. The Hall–Kier alpha value is -2.33. The molecule has 5 heteroatoms. The first-order valence-corrected chi connectivity index (χ1v) is 6.44. The molecule has 0 aliphatic heterocycles. The third kappa shape index (κ3) is 2.51. The number of halogens is 1. The summed E-state index contributed by atoms with van der Waals surface area (Å²) in [5.74, 6) is 0.405. The van der Waals surface area contributed by atoms with E-state index in [9.17, 15) is 4.79 Å². The smallest absolute Gasteiger partial charge is 0.227 e. The minimum atomic E-state index is -0.120. The molecule has 3 rings (SSSR count). The fraction of sp³-hybridized carbons (Fsp3) is 0.0667. The standard InChI is InChI=1S/C15H11ClN2O2/c1-9(19)17-12-6-7-14-13(8-12)18-15(20-14)10-2-4-11(16)5-3-10/h2-8H,1H3,(H,17,19). The average molecular weight is 287 g/mol. The zero-order valence-electron chi connectivity index (χ0n) is 10.7. The van der Waals surface area contributed by atoms with E-state index in [2.05, 4.69) is 10.3 Å². The van der Waals surface area contributed by atoms with Gasteiger partial charge in [0.05, 0.1) is 0 Å². The summed E-state index contributed by atoms with van der Waals surface area (Å²) >= 11 is 5.86. The van der Waals surface area contributed by atoms with Gasteiger partial charge in [-0.15, -0.1) is 0 Å². The molecule has 1 heterocycles. The van der Waals surface area contributed by atoms with Gasteiger partial charge in [0.25, 0.3) is 0 Å². The number of aromatic nitrogens is 1. The highest BCUT2D eigenvalue weighted by molar-refractivity contribution is 6.30. The number of carbonyl (C=O) groups excluding carboxylic acids is 1. The van der Waals surface area contributed by atoms with E-state index in [0.29, 0.717) is 27.7 Å². The van der Waals surface area contributed by atoms with Crippen LogP contribution in [0.25, 0.3) is 22.6 Å². The van der Waals surface area contributed by atoms with Gasteiger partial charge in [-0.3, -0.25) is 4.79 Å². The summed E-state index contributed by atoms with van der Waals surface area (Å²) in [6.45, 7) is 1.46. The Balaban J connectivity index is 2.01. The van der Waals surface area contributed by atoms with Crippen molar-refractivity contribution in [3.05, 3.63) is 47.5 Å². The van der Waals surface area contributed by atoms with Crippen LogP contribution in [0.1, 0.15) is 6.92 Å². The van der Waals surface area contributed by atoms with Gasteiger partial charge in [-0.1, -0.05) is 11.6 Å². The van der Waals surface area contributed by atoms with Crippen LogP contribution in [0, 0.1) is 0 Å². The highest BCUT2D eigenvalue weighted by atomic mass is 35.5. The van der Waals surface area contributed by atoms with Gasteiger partial charge in [0, 0.05) is 23.2 Å². The molecule has 0 saturated carbocycles. The van der Waals surface area contributed by atoms with Gasteiger partial charge in [-0.2, -0.15) is 0 Å². The molecule has 4 nitrogen and oxygen atoms in total. The molecule has 2 aromatic carbocycles. The molecule has 0 unspecified atom stereocenters. The lowest BCUT2D eigenvalue weighted by Gasteiger charge is -1.99. The summed E-state index contributed by atoms with van der Waals surface area (Å²) < 4.78 is 5.69. The van der Waals surface area contributed by atoms with E-state index in [4.69, 9.17) is 16.0 Å². The van der Waals surface area contributed by atoms with E-state index < -0.39 is 0 Å². The summed E-state index contributed by atoms with van der Waals surface area (Å²) in [7, 11) is 0. The second-order valence-electron chi connectivity index (χ2n) is 4.39. The van der Waals surface area contributed by atoms with Crippen LogP contribution in [0.2, 0.25) is 5.02 Å². The molecule has 3 aromatic rings. The van der Waals surface area contributed by atoms with Gasteiger partial charge < -0.3 is 9.73 Å². The number of nitrogens with one attached hydrogen (secondary N) is 1. The molecule has 1 N–H and O–H groups in total. The Bertz CT molecular complexity index is 778. The average Bonchev–Trinajstić information content (AvgIpc) is 2.81. The number of rotatable bonds is 2. The Kier molecular flexibility index (Phi) is 3.16. The Morgan fingerprint density at radius 1 is 1.20 bits per heavy atom. The summed E-state index contributed by atoms with van der Waals surface area (Å²) in [4.78, 5) is 15.5. The molecule has 1 amide bonds. The molecule has 0 saturated heterocycles. The number of nitrogens with zero attached hydrogens (tertiary/aromatic N) is 1. The summed E-state index contributed by atoms with van der Waals surface area (Å²) in [6, 6.07) is 12.6. The van der Waals surface area contributed by atoms with E-state index in [1.807, 2.05) is 12.1 Å². The van der Waals surface area contributed by atoms with Crippen LogP contribution in [-0.4, -0.2) is 10.9 Å². The number of carbonyl (C=O) groups is 1. The molecule has 0 radical (unpaired) electrons. The highest BCUT2D eigenvalue weighted by Gasteiger charge is 2.09. The van der Waals surface area contributed by atoms with Crippen LogP contribution in [0.4, 0.5) is 5.69 Å². The SMILES string of the molecule is CC(=O)Nc1ccc2oc(-c3ccc(Cl)cc3)nc2c1. The minimum absolute atomic E-state index is 0.120. The lowest BCUT2D eigenvalue weighted by molar-refractivity contribution is -0.114. The predicted octanol–water partition coefficient (Wildman–Crippen LogP) is 4.11. The maximum Gasteiger partial charge on any atom is 0.227 e. The first-order valence-electron chi connectivity index (χ1n) is 6.06. The molecule has 0 bridgehead atoms. The predicted molar refractivity (Wildman–Crippen MR) is 78.8 cm³/mol. The van der Waals surface area contributed by atoms with Gasteiger partial charge in [0.2, 0.25) is 11.8 Å². The van der Waals surface area contributed by atoms with E-state index in [0.717, 1.165) is 5.56 Å². The van der Waals surface area contributed by atoms with Gasteiger partial charge >= 0.3 is 0 Å². The molecule has 0 fully saturated rings. The second-order valence-corrected chi connectivity index (χ2v) is 4.83. The number of amides is 1. The van der Waals surface area contributed by atoms with E-state index >= 15 is 0 Å². The third-order valence-electron chi connectivity index (χ3n) is 2.80. The first-order chi connectivity index (χ1) is 9.61. The van der Waals surface area contributed by atoms with Crippen molar-refractivity contribution in [2.45, 2.75) is 6.92 Å². The Labute approximate surface area is 120 Å². The molecular formula is C15H11ClN2O2. The van der Waals surface area contributed by atoms with Gasteiger partial charge in [-0.25, -0.2) is 4.98 Å². The number of oxazole rings is 1. The van der Waals surface area contributed by atoms with E-state index in [1.54, 1.807) is 30.3 Å². The monoisotopic (exact) mass is 286 g/mol. The topological polar surface area (TPSA) is 55.1 Å². The van der Waals surface area contributed by atoms with Crippen molar-refractivity contribution >= 4 is 34.3 Å². The number of hydrogen-bond donors (Lipinski definition) is 1. The first kappa shape index (κ1) is 12.7. The zero-order chi connectivity index (χ0) is 14.1. The van der Waals surface area contributed by atoms with E-state index in [-0.39, 0.29) is 5.91 Å². The Morgan fingerprint density at radius 3 is 2.65 bits per heavy atom. The van der Waals surface area contributed by atoms with Crippen molar-refractivity contribution in [1.29, 1.82) is 0 Å². The summed E-state index contributed by atoms with van der Waals surface area (Å²) in [6.07, 6.45) is 0. The molecule has 20 heavy (non-hydrogen) atoms. The second kappa shape index (κ2) is 4.98. The lowest BCUT2D eigenvalue weighted by atomic mass is 10.2. The van der Waals surface area contributed by atoms with Crippen LogP contribution in [-0.2, 0) is 4.79 Å². The van der Waals surface area contributed by atoms with Gasteiger partial charge in [0.1, 0.15) is 5.52 Å². The maximum atomic E-state index is 11.0. The van der Waals surface area contributed by atoms with Crippen LogP contribution in [0.3, 0.4) is 0 Å². The van der Waals surface area contributed by atoms with Crippen molar-refractivity contribution in [2.24, 2.45) is 0 Å². The highest BCUT2D eigenvalue weighted by Crippen LogP contribution is 2.27. The van der Waals surface area contributed by atoms with Crippen LogP contribution < -0.4 is 5.32 Å². The third-order valence-corrected chi connectivity index (χ3v) is 3.05. The number of benzene rings is 2. The van der Waals surface area contributed by atoms with Crippen molar-refractivity contribution in [1.82, 2.24) is 4.98 Å². The van der Waals surface area contributed by atoms with Crippen LogP contribution in [0.5, 0.6) is 0 Å². The Morgan fingerprint density at radius 2 is 1.95 bits per heavy atom. The molecule has 0 aliphatic rings. The molecule has 0 atom stereocenters. The molecule has 0 spiro atoms. The number of anilines is 1. The summed E-state index contributed by atoms with van der Waals surface area (Å²) in [5, 5.41) is 3.38. The van der Waals surface area contributed by atoms with Gasteiger partial charge in [-0.05, 0) is 42.5 Å². The van der Waals surface area contributed by atoms with Crippen LogP contribution in [0.15, 0.2) is 46.9 Å². The normalized spacial score (nSPS) is 10.7. The minimum Gasteiger partial charge on any atom is -0.436 e. The van der Waals surface area contributed by atoms with Crippen LogP contribution >= 0.6 is 11.6 Å². The maximum absolute atomic E-state index is 11.0. The van der Waals surface area contributed by atoms with Crippen molar-refractivity contribution in [3.8, 4) is 11.5 Å². The van der Waals surface area contributed by atoms with Crippen molar-refractivity contribution in [3.63, 3.8) is 0 Å². The summed E-state index contributed by atoms with van der Waals surface area (Å²) in [5.41, 5.74) is 2.91. The van der Waals surface area contributed by atoms with Gasteiger partial charge in [0.15, 0.2) is 5.58 Å².